The van der Waals surface area contributed by atoms with E-state index in [0.717, 1.165) is 11.9 Å². The summed E-state index contributed by atoms with van der Waals surface area (Å²) in [4.78, 5) is 0. The van der Waals surface area contributed by atoms with Crippen LogP contribution < -0.4 is 5.73 Å². The molecule has 0 saturated carbocycles. The predicted molar refractivity (Wildman–Crippen MR) is 60.8 cm³/mol. The smallest absolute Gasteiger partial charge is 0.00370 e. The fourth-order valence-corrected chi connectivity index (χ4v) is 2.04. The maximum absolute atomic E-state index is 5.69. The first-order chi connectivity index (χ1) is 4.74. The van der Waals surface area contributed by atoms with E-state index in [1.165, 1.54) is 19.3 Å². The van der Waals surface area contributed by atoms with Crippen molar-refractivity contribution in [2.24, 2.45) is 11.1 Å². The molecule has 0 amide bonds. The molecule has 0 rings (SSSR count). The predicted octanol–water partition coefficient (Wildman–Crippen LogP) is 3.11. The molecule has 0 aliphatic carbocycles. The number of halogens is 2. The van der Waals surface area contributed by atoms with Crippen molar-refractivity contribution in [2.45, 2.75) is 33.1 Å². The molecule has 0 saturated heterocycles. The van der Waals surface area contributed by atoms with Crippen molar-refractivity contribution >= 4 is 32.9 Å². The molecule has 0 radical (unpaired) electrons. The molecular weight excluding hydrogens is 270 g/mol. The van der Waals surface area contributed by atoms with Crippen LogP contribution in [0.1, 0.15) is 33.1 Å². The highest BCUT2D eigenvalue weighted by molar-refractivity contribution is 9.09. The summed E-state index contributed by atoms with van der Waals surface area (Å²) in [6.45, 7) is 5.27. The molecule has 0 spiro atoms. The summed E-state index contributed by atoms with van der Waals surface area (Å²) in [5, 5.41) is 1.08. The van der Waals surface area contributed by atoms with Gasteiger partial charge in [-0.15, -0.1) is 17.0 Å². The van der Waals surface area contributed by atoms with Gasteiger partial charge in [0, 0.05) is 5.33 Å². The lowest BCUT2D eigenvalue weighted by Crippen LogP contribution is -2.29. The third-order valence-corrected chi connectivity index (χ3v) is 2.95. The van der Waals surface area contributed by atoms with E-state index in [1.54, 1.807) is 0 Å². The average molecular weight is 289 g/mol. The number of rotatable bonds is 5. The molecule has 0 heterocycles. The lowest BCUT2D eigenvalue weighted by atomic mass is 9.80. The Morgan fingerprint density at radius 1 is 1.27 bits per heavy atom. The zero-order valence-corrected chi connectivity index (χ0v) is 10.7. The van der Waals surface area contributed by atoms with E-state index in [9.17, 15) is 0 Å². The van der Waals surface area contributed by atoms with E-state index >= 15 is 0 Å². The Morgan fingerprint density at radius 3 is 1.82 bits per heavy atom. The van der Waals surface area contributed by atoms with Gasteiger partial charge in [-0.1, -0.05) is 29.8 Å². The molecule has 0 aromatic rings. The van der Waals surface area contributed by atoms with Crippen LogP contribution in [0.5, 0.6) is 0 Å². The van der Waals surface area contributed by atoms with Crippen LogP contribution >= 0.6 is 32.9 Å². The quantitative estimate of drug-likeness (QED) is 0.773. The van der Waals surface area contributed by atoms with Crippen molar-refractivity contribution in [1.82, 2.24) is 0 Å². The first kappa shape index (κ1) is 14.4. The third-order valence-electron chi connectivity index (χ3n) is 2.56. The summed E-state index contributed by atoms with van der Waals surface area (Å²) in [5.41, 5.74) is 6.10. The molecule has 0 atom stereocenters. The molecule has 0 fully saturated rings. The molecule has 0 aromatic carbocycles. The van der Waals surface area contributed by atoms with E-state index in [-0.39, 0.29) is 17.0 Å². The van der Waals surface area contributed by atoms with Gasteiger partial charge in [0.1, 0.15) is 0 Å². The molecule has 3 heteroatoms. The van der Waals surface area contributed by atoms with Crippen molar-refractivity contribution in [3.05, 3.63) is 0 Å². The molecule has 70 valence electrons. The molecular formula is C8H19Br2N. The van der Waals surface area contributed by atoms with Gasteiger partial charge >= 0.3 is 0 Å². The zero-order valence-electron chi connectivity index (χ0n) is 7.40. The molecule has 0 aliphatic rings. The minimum Gasteiger partial charge on any atom is -0.330 e. The number of hydrogen-bond acceptors (Lipinski definition) is 1. The van der Waals surface area contributed by atoms with Gasteiger partial charge in [-0.05, 0) is 31.2 Å². The highest BCUT2D eigenvalue weighted by Gasteiger charge is 2.22. The number of alkyl halides is 1. The van der Waals surface area contributed by atoms with Crippen LogP contribution in [0.2, 0.25) is 0 Å². The summed E-state index contributed by atoms with van der Waals surface area (Å²) in [6.07, 6.45) is 3.60. The van der Waals surface area contributed by atoms with E-state index in [0.29, 0.717) is 5.41 Å². The Kier molecular flexibility index (Phi) is 9.93. The summed E-state index contributed by atoms with van der Waals surface area (Å²) in [5.74, 6) is 0. The van der Waals surface area contributed by atoms with Crippen molar-refractivity contribution in [2.75, 3.05) is 11.9 Å². The van der Waals surface area contributed by atoms with E-state index < -0.39 is 0 Å². The maximum Gasteiger partial charge on any atom is 0.00370 e. The zero-order chi connectivity index (χ0) is 8.04. The lowest BCUT2D eigenvalue weighted by molar-refractivity contribution is 0.265. The van der Waals surface area contributed by atoms with Gasteiger partial charge < -0.3 is 5.73 Å². The number of hydrogen-bond donors (Lipinski definition) is 1. The van der Waals surface area contributed by atoms with Crippen LogP contribution in [-0.4, -0.2) is 11.9 Å². The third kappa shape index (κ3) is 4.48. The monoisotopic (exact) mass is 287 g/mol. The molecule has 0 unspecified atom stereocenters. The van der Waals surface area contributed by atoms with Crippen LogP contribution in [0.4, 0.5) is 0 Å². The van der Waals surface area contributed by atoms with Gasteiger partial charge in [-0.3, -0.25) is 0 Å². The van der Waals surface area contributed by atoms with Gasteiger partial charge in [0.15, 0.2) is 0 Å². The van der Waals surface area contributed by atoms with Crippen LogP contribution in [0.25, 0.3) is 0 Å². The first-order valence-electron chi connectivity index (χ1n) is 4.00. The van der Waals surface area contributed by atoms with Gasteiger partial charge in [0.05, 0.1) is 0 Å². The first-order valence-corrected chi connectivity index (χ1v) is 5.13. The van der Waals surface area contributed by atoms with Crippen molar-refractivity contribution in [1.29, 1.82) is 0 Å². The summed E-state index contributed by atoms with van der Waals surface area (Å²) >= 11 is 3.45. The lowest BCUT2D eigenvalue weighted by Gasteiger charge is -2.29. The van der Waals surface area contributed by atoms with Crippen molar-refractivity contribution in [3.63, 3.8) is 0 Å². The molecule has 2 N–H and O–H groups in total. The van der Waals surface area contributed by atoms with Gasteiger partial charge in [0.2, 0.25) is 0 Å². The largest absolute Gasteiger partial charge is 0.330 e. The Morgan fingerprint density at radius 2 is 1.73 bits per heavy atom. The van der Waals surface area contributed by atoms with Crippen molar-refractivity contribution < 1.29 is 0 Å². The van der Waals surface area contributed by atoms with E-state index in [1.807, 2.05) is 0 Å². The highest BCUT2D eigenvalue weighted by atomic mass is 79.9. The van der Waals surface area contributed by atoms with Gasteiger partial charge in [-0.2, -0.15) is 0 Å². The molecule has 0 aliphatic heterocycles. The summed E-state index contributed by atoms with van der Waals surface area (Å²) < 4.78 is 0. The van der Waals surface area contributed by atoms with Crippen LogP contribution in [-0.2, 0) is 0 Å². The number of nitrogens with two attached hydrogens (primary N) is 1. The molecule has 11 heavy (non-hydrogen) atoms. The minimum atomic E-state index is 0. The second-order valence-electron chi connectivity index (χ2n) is 2.85. The fourth-order valence-electron chi connectivity index (χ4n) is 1.19. The van der Waals surface area contributed by atoms with Crippen LogP contribution in [0.3, 0.4) is 0 Å². The topological polar surface area (TPSA) is 26.0 Å². The van der Waals surface area contributed by atoms with E-state index in [4.69, 9.17) is 5.73 Å². The minimum absolute atomic E-state index is 0. The summed E-state index contributed by atoms with van der Waals surface area (Å²) in [6, 6.07) is 0. The molecule has 0 bridgehead atoms. The second kappa shape index (κ2) is 7.56. The Balaban J connectivity index is 0. The van der Waals surface area contributed by atoms with Crippen LogP contribution in [0, 0.1) is 5.41 Å². The second-order valence-corrected chi connectivity index (χ2v) is 3.64. The average Bonchev–Trinajstić information content (AvgIpc) is 2.01. The summed E-state index contributed by atoms with van der Waals surface area (Å²) in [7, 11) is 0. The van der Waals surface area contributed by atoms with Gasteiger partial charge in [0.25, 0.3) is 0 Å². The Labute approximate surface area is 89.0 Å². The standard InChI is InChI=1S/C8H18BrN.BrH/c1-3-8(4-2,7-10)5-6-9;/h3-7,10H2,1-2H3;1H. The molecule has 0 aromatic heterocycles. The highest BCUT2D eigenvalue weighted by Crippen LogP contribution is 2.29. The maximum atomic E-state index is 5.69. The van der Waals surface area contributed by atoms with Gasteiger partial charge in [-0.25, -0.2) is 0 Å². The Bertz CT molecular complexity index is 73.9. The SMILES string of the molecule is Br.CCC(CC)(CN)CCBr. The fraction of sp³-hybridized carbons (Fsp3) is 1.00. The van der Waals surface area contributed by atoms with Crippen LogP contribution in [0.15, 0.2) is 0 Å². The Hall–Kier alpha value is 0.920. The van der Waals surface area contributed by atoms with Crippen molar-refractivity contribution in [3.8, 4) is 0 Å². The normalized spacial score (nSPS) is 10.9. The molecule has 1 nitrogen and oxygen atoms in total. The van der Waals surface area contributed by atoms with E-state index in [2.05, 4.69) is 29.8 Å².